The van der Waals surface area contributed by atoms with E-state index in [1.165, 1.54) is 0 Å². The molecule has 11 heteroatoms. The largest absolute Gasteiger partial charge is 0.462 e. The van der Waals surface area contributed by atoms with Gasteiger partial charge < -0.3 is 20.9 Å². The van der Waals surface area contributed by atoms with E-state index in [1.807, 2.05) is 0 Å². The molecule has 0 fully saturated rings. The van der Waals surface area contributed by atoms with Crippen LogP contribution in [-0.4, -0.2) is 55.8 Å². The molecule has 0 unspecified atom stereocenters. The standard InChI is InChI=1S/C14H28N2O4.H2O4S/c15-9-5-1-3-7-13(17)19-11-12-20-14(18)8-4-2-6-10-16;1-5(2,3)4/h1-12,15-16H2;(H2,1,2,3,4). The lowest BCUT2D eigenvalue weighted by atomic mass is 10.2. The van der Waals surface area contributed by atoms with Crippen LogP contribution in [0.3, 0.4) is 0 Å². The summed E-state index contributed by atoms with van der Waals surface area (Å²) in [5.74, 6) is -0.498. The number of hydrogen-bond donors (Lipinski definition) is 4. The second kappa shape index (κ2) is 17.5. The van der Waals surface area contributed by atoms with Crippen molar-refractivity contribution in [2.24, 2.45) is 11.5 Å². The lowest BCUT2D eigenvalue weighted by molar-refractivity contribution is -0.152. The maximum atomic E-state index is 11.3. The highest BCUT2D eigenvalue weighted by Gasteiger charge is 2.05. The van der Waals surface area contributed by atoms with E-state index in [1.54, 1.807) is 0 Å². The van der Waals surface area contributed by atoms with Gasteiger partial charge in [-0.3, -0.25) is 18.7 Å². The molecular weight excluding hydrogens is 356 g/mol. The SMILES string of the molecule is NCCCCCC(=O)OCCOC(=O)CCCCCN.O=S(=O)(O)O. The number of rotatable bonds is 13. The van der Waals surface area contributed by atoms with Crippen molar-refractivity contribution in [3.05, 3.63) is 0 Å². The van der Waals surface area contributed by atoms with E-state index < -0.39 is 10.4 Å². The topological polar surface area (TPSA) is 179 Å². The van der Waals surface area contributed by atoms with Crippen LogP contribution in [0.2, 0.25) is 0 Å². The third kappa shape index (κ3) is 31.1. The van der Waals surface area contributed by atoms with E-state index in [0.29, 0.717) is 25.9 Å². The molecule has 10 nitrogen and oxygen atoms in total. The number of ether oxygens (including phenoxy) is 2. The van der Waals surface area contributed by atoms with Gasteiger partial charge in [0.15, 0.2) is 0 Å². The summed E-state index contributed by atoms with van der Waals surface area (Å²) in [5, 5.41) is 0. The molecular formula is C14H30N2O8S. The summed E-state index contributed by atoms with van der Waals surface area (Å²) in [6.45, 7) is 1.56. The van der Waals surface area contributed by atoms with Gasteiger partial charge in [0, 0.05) is 12.8 Å². The molecule has 0 aromatic carbocycles. The average Bonchev–Trinajstić information content (AvgIpc) is 2.51. The van der Waals surface area contributed by atoms with Crippen LogP contribution in [0.1, 0.15) is 51.4 Å². The smallest absolute Gasteiger partial charge is 0.394 e. The minimum atomic E-state index is -4.67. The van der Waals surface area contributed by atoms with Gasteiger partial charge in [-0.2, -0.15) is 8.42 Å². The second-order valence-corrected chi connectivity index (χ2v) is 5.98. The number of unbranched alkanes of at least 4 members (excludes halogenated alkanes) is 4. The van der Waals surface area contributed by atoms with Crippen molar-refractivity contribution < 1.29 is 36.6 Å². The van der Waals surface area contributed by atoms with Crippen molar-refractivity contribution in [3.63, 3.8) is 0 Å². The Hall–Kier alpha value is -1.27. The monoisotopic (exact) mass is 386 g/mol. The molecule has 0 amide bonds. The highest BCUT2D eigenvalue weighted by Crippen LogP contribution is 2.02. The van der Waals surface area contributed by atoms with Crippen molar-refractivity contribution in [3.8, 4) is 0 Å². The Bertz CT molecular complexity index is 408. The summed E-state index contributed by atoms with van der Waals surface area (Å²) in [7, 11) is -4.67. The molecule has 0 spiro atoms. The molecule has 0 bridgehead atoms. The van der Waals surface area contributed by atoms with Crippen LogP contribution < -0.4 is 11.5 Å². The Balaban J connectivity index is 0. The van der Waals surface area contributed by atoms with Gasteiger partial charge >= 0.3 is 22.3 Å². The molecule has 0 heterocycles. The molecule has 0 aliphatic heterocycles. The van der Waals surface area contributed by atoms with Crippen molar-refractivity contribution in [2.75, 3.05) is 26.3 Å². The van der Waals surface area contributed by atoms with E-state index >= 15 is 0 Å². The van der Waals surface area contributed by atoms with Crippen molar-refractivity contribution in [1.29, 1.82) is 0 Å². The maximum absolute atomic E-state index is 11.3. The highest BCUT2D eigenvalue weighted by molar-refractivity contribution is 7.79. The van der Waals surface area contributed by atoms with Crippen LogP contribution in [0.5, 0.6) is 0 Å². The van der Waals surface area contributed by atoms with Gasteiger partial charge in [0.2, 0.25) is 0 Å². The molecule has 0 aromatic rings. The summed E-state index contributed by atoms with van der Waals surface area (Å²) in [6, 6.07) is 0. The van der Waals surface area contributed by atoms with E-state index in [-0.39, 0.29) is 25.2 Å². The molecule has 0 aliphatic rings. The fourth-order valence-electron chi connectivity index (χ4n) is 1.64. The summed E-state index contributed by atoms with van der Waals surface area (Å²) < 4.78 is 41.5. The van der Waals surface area contributed by atoms with Gasteiger partial charge in [-0.25, -0.2) is 0 Å². The average molecular weight is 386 g/mol. The van der Waals surface area contributed by atoms with Crippen LogP contribution in [0.4, 0.5) is 0 Å². The molecule has 0 saturated carbocycles. The number of carbonyl (C=O) groups excluding carboxylic acids is 2. The van der Waals surface area contributed by atoms with E-state index in [9.17, 15) is 9.59 Å². The van der Waals surface area contributed by atoms with Crippen LogP contribution in [0, 0.1) is 0 Å². The lowest BCUT2D eigenvalue weighted by Crippen LogP contribution is -2.14. The Morgan fingerprint density at radius 2 is 1.04 bits per heavy atom. The van der Waals surface area contributed by atoms with Crippen LogP contribution in [0.15, 0.2) is 0 Å². The molecule has 0 aromatic heterocycles. The zero-order valence-corrected chi connectivity index (χ0v) is 15.2. The fraction of sp³-hybridized carbons (Fsp3) is 0.857. The van der Waals surface area contributed by atoms with Gasteiger partial charge in [0.25, 0.3) is 0 Å². The van der Waals surface area contributed by atoms with Crippen LogP contribution in [0.25, 0.3) is 0 Å². The second-order valence-electron chi connectivity index (χ2n) is 5.09. The molecule has 0 saturated heterocycles. The van der Waals surface area contributed by atoms with Gasteiger partial charge in [0.05, 0.1) is 0 Å². The van der Waals surface area contributed by atoms with Gasteiger partial charge in [-0.1, -0.05) is 12.8 Å². The first-order chi connectivity index (χ1) is 11.7. The summed E-state index contributed by atoms with van der Waals surface area (Å²) in [6.07, 6.45) is 6.09. The van der Waals surface area contributed by atoms with Crippen LogP contribution >= 0.6 is 0 Å². The number of nitrogens with two attached hydrogens (primary N) is 2. The highest BCUT2D eigenvalue weighted by atomic mass is 32.3. The molecule has 25 heavy (non-hydrogen) atoms. The third-order valence-corrected chi connectivity index (χ3v) is 2.78. The normalized spacial score (nSPS) is 10.6. The zero-order valence-electron chi connectivity index (χ0n) is 14.4. The summed E-state index contributed by atoms with van der Waals surface area (Å²) in [4.78, 5) is 22.6. The Kier molecular flexibility index (Phi) is 18.2. The van der Waals surface area contributed by atoms with Crippen molar-refractivity contribution >= 4 is 22.3 Å². The first-order valence-electron chi connectivity index (χ1n) is 8.12. The first kappa shape index (κ1) is 26.0. The maximum Gasteiger partial charge on any atom is 0.394 e. The molecule has 0 atom stereocenters. The van der Waals surface area contributed by atoms with Gasteiger partial charge in [-0.15, -0.1) is 0 Å². The van der Waals surface area contributed by atoms with E-state index in [2.05, 4.69) is 0 Å². The van der Waals surface area contributed by atoms with E-state index in [4.69, 9.17) is 38.5 Å². The van der Waals surface area contributed by atoms with Gasteiger partial charge in [0.1, 0.15) is 13.2 Å². The number of carbonyl (C=O) groups is 2. The summed E-state index contributed by atoms with van der Waals surface area (Å²) in [5.41, 5.74) is 10.7. The zero-order chi connectivity index (χ0) is 19.6. The molecule has 6 N–H and O–H groups in total. The minimum absolute atomic E-state index is 0.129. The number of hydrogen-bond acceptors (Lipinski definition) is 8. The number of esters is 2. The molecule has 0 aliphatic carbocycles. The molecule has 0 rings (SSSR count). The Labute approximate surface area is 148 Å². The minimum Gasteiger partial charge on any atom is -0.462 e. The lowest BCUT2D eigenvalue weighted by Gasteiger charge is -2.06. The summed E-state index contributed by atoms with van der Waals surface area (Å²) >= 11 is 0. The predicted molar refractivity (Wildman–Crippen MR) is 91.1 cm³/mol. The first-order valence-corrected chi connectivity index (χ1v) is 9.51. The van der Waals surface area contributed by atoms with Crippen LogP contribution in [-0.2, 0) is 29.5 Å². The van der Waals surface area contributed by atoms with Gasteiger partial charge in [-0.05, 0) is 38.8 Å². The quantitative estimate of drug-likeness (QED) is 0.197. The Morgan fingerprint density at radius 1 is 0.720 bits per heavy atom. The molecule has 150 valence electrons. The predicted octanol–water partition coefficient (Wildman–Crippen LogP) is 0.458. The Morgan fingerprint density at radius 3 is 1.32 bits per heavy atom. The van der Waals surface area contributed by atoms with E-state index in [0.717, 1.165) is 38.5 Å². The third-order valence-electron chi connectivity index (χ3n) is 2.78. The molecule has 0 radical (unpaired) electrons. The fourth-order valence-corrected chi connectivity index (χ4v) is 1.64. The van der Waals surface area contributed by atoms with Crippen molar-refractivity contribution in [1.82, 2.24) is 0 Å². The van der Waals surface area contributed by atoms with Crippen molar-refractivity contribution in [2.45, 2.75) is 51.4 Å².